The van der Waals surface area contributed by atoms with Crippen LogP contribution in [0.1, 0.15) is 110 Å². The molecule has 27 heavy (non-hydrogen) atoms. The van der Waals surface area contributed by atoms with Crippen molar-refractivity contribution in [2.24, 2.45) is 0 Å². The fourth-order valence-corrected chi connectivity index (χ4v) is 2.88. The minimum absolute atomic E-state index is 0.0643. The molecule has 5 nitrogen and oxygen atoms in total. The number of aliphatic hydroxyl groups is 1. The third kappa shape index (κ3) is 18.0. The Balaban J connectivity index is 3.53. The zero-order valence-corrected chi connectivity index (χ0v) is 17.7. The van der Waals surface area contributed by atoms with Crippen LogP contribution in [0.4, 0.5) is 0 Å². The first-order valence-electron chi connectivity index (χ1n) is 11.1. The molecule has 5 heteroatoms. The number of unbranched alkanes of at least 4 members (excludes halogenated alkanes) is 11. The highest BCUT2D eigenvalue weighted by Crippen LogP contribution is 2.12. The number of ether oxygens (including phenoxy) is 2. The average Bonchev–Trinajstić information content (AvgIpc) is 2.67. The summed E-state index contributed by atoms with van der Waals surface area (Å²) in [5.41, 5.74) is 0. The quantitative estimate of drug-likeness (QED) is 0.240. The molecule has 0 fully saturated rings. The Bertz CT molecular complexity index is 357. The van der Waals surface area contributed by atoms with Gasteiger partial charge in [0, 0.05) is 12.8 Å². The van der Waals surface area contributed by atoms with Crippen LogP contribution in [0.15, 0.2) is 0 Å². The summed E-state index contributed by atoms with van der Waals surface area (Å²) < 4.78 is 10.2. The summed E-state index contributed by atoms with van der Waals surface area (Å²) in [5.74, 6) is -0.633. The zero-order valence-electron chi connectivity index (χ0n) is 17.7. The largest absolute Gasteiger partial charge is 0.462 e. The maximum absolute atomic E-state index is 11.7. The van der Waals surface area contributed by atoms with Gasteiger partial charge in [-0.15, -0.1) is 0 Å². The van der Waals surface area contributed by atoms with Crippen molar-refractivity contribution in [3.8, 4) is 0 Å². The van der Waals surface area contributed by atoms with E-state index in [9.17, 15) is 14.7 Å². The molecule has 0 rings (SSSR count). The topological polar surface area (TPSA) is 72.8 Å². The number of esters is 2. The first-order valence-corrected chi connectivity index (χ1v) is 11.1. The Kier molecular flexibility index (Phi) is 18.9. The molecule has 0 saturated carbocycles. The van der Waals surface area contributed by atoms with Gasteiger partial charge in [-0.05, 0) is 12.8 Å². The van der Waals surface area contributed by atoms with Gasteiger partial charge in [0.05, 0.1) is 6.61 Å². The molecule has 0 radical (unpaired) electrons. The van der Waals surface area contributed by atoms with E-state index in [-0.39, 0.29) is 25.2 Å². The molecule has 0 unspecified atom stereocenters. The van der Waals surface area contributed by atoms with Crippen molar-refractivity contribution in [3.63, 3.8) is 0 Å². The van der Waals surface area contributed by atoms with Gasteiger partial charge in [0.25, 0.3) is 0 Å². The van der Waals surface area contributed by atoms with E-state index in [1.54, 1.807) is 0 Å². The van der Waals surface area contributed by atoms with Crippen molar-refractivity contribution < 1.29 is 24.2 Å². The molecule has 0 aliphatic rings. The molecular weight excluding hydrogens is 344 g/mol. The Hall–Kier alpha value is -1.10. The minimum Gasteiger partial charge on any atom is -0.462 e. The minimum atomic E-state index is -0.754. The van der Waals surface area contributed by atoms with Gasteiger partial charge in [-0.1, -0.05) is 84.5 Å². The van der Waals surface area contributed by atoms with E-state index in [1.165, 1.54) is 51.4 Å². The van der Waals surface area contributed by atoms with Gasteiger partial charge < -0.3 is 14.6 Å². The van der Waals surface area contributed by atoms with Gasteiger partial charge >= 0.3 is 11.9 Å². The van der Waals surface area contributed by atoms with Crippen LogP contribution >= 0.6 is 0 Å². The number of aliphatic hydroxyl groups excluding tert-OH is 1. The highest BCUT2D eigenvalue weighted by Gasteiger charge is 2.15. The van der Waals surface area contributed by atoms with Crippen LogP contribution in [0.3, 0.4) is 0 Å². The second-order valence-corrected chi connectivity index (χ2v) is 7.37. The lowest BCUT2D eigenvalue weighted by atomic mass is 10.1. The van der Waals surface area contributed by atoms with Gasteiger partial charge in [-0.25, -0.2) is 0 Å². The van der Waals surface area contributed by atoms with E-state index in [1.807, 2.05) is 6.92 Å². The van der Waals surface area contributed by atoms with Crippen LogP contribution in [0.5, 0.6) is 0 Å². The summed E-state index contributed by atoms with van der Waals surface area (Å²) >= 11 is 0. The smallest absolute Gasteiger partial charge is 0.306 e. The standard InChI is InChI=1S/C22H42O5/c1-3-5-7-8-9-10-11-12-13-14-15-17-21(24)26-19-20(18-23)27-22(25)16-6-4-2/h20,23H,3-19H2,1-2H3/t20-/m0/s1. The number of hydrogen-bond acceptors (Lipinski definition) is 5. The predicted molar refractivity (Wildman–Crippen MR) is 109 cm³/mol. The lowest BCUT2D eigenvalue weighted by molar-refractivity contribution is -0.161. The lowest BCUT2D eigenvalue weighted by Crippen LogP contribution is -2.28. The SMILES string of the molecule is CCCCCCCCCCCCCC(=O)OC[C@H](CO)OC(=O)CCCC. The predicted octanol–water partition coefficient (Wildman–Crippen LogP) is 5.33. The van der Waals surface area contributed by atoms with Gasteiger partial charge in [-0.3, -0.25) is 9.59 Å². The van der Waals surface area contributed by atoms with Crippen molar-refractivity contribution in [1.82, 2.24) is 0 Å². The fraction of sp³-hybridized carbons (Fsp3) is 0.909. The Morgan fingerprint density at radius 3 is 1.70 bits per heavy atom. The van der Waals surface area contributed by atoms with Crippen LogP contribution < -0.4 is 0 Å². The highest BCUT2D eigenvalue weighted by atomic mass is 16.6. The summed E-state index contributed by atoms with van der Waals surface area (Å²) in [6, 6.07) is 0. The molecule has 0 saturated heterocycles. The summed E-state index contributed by atoms with van der Waals surface area (Å²) in [7, 11) is 0. The Morgan fingerprint density at radius 2 is 1.19 bits per heavy atom. The second kappa shape index (κ2) is 19.7. The summed E-state index contributed by atoms with van der Waals surface area (Å²) in [4.78, 5) is 23.3. The molecule has 0 heterocycles. The van der Waals surface area contributed by atoms with E-state index in [2.05, 4.69) is 6.92 Å². The molecule has 0 aliphatic heterocycles. The number of carbonyl (C=O) groups excluding carboxylic acids is 2. The molecule has 0 aromatic carbocycles. The van der Waals surface area contributed by atoms with E-state index in [4.69, 9.17) is 9.47 Å². The molecule has 0 amide bonds. The molecule has 0 aliphatic carbocycles. The molecule has 0 spiro atoms. The highest BCUT2D eigenvalue weighted by molar-refractivity contribution is 5.70. The van der Waals surface area contributed by atoms with Gasteiger partial charge in [0.15, 0.2) is 6.10 Å². The molecular formula is C22H42O5. The molecule has 0 aromatic heterocycles. The Labute approximate surface area is 166 Å². The lowest BCUT2D eigenvalue weighted by Gasteiger charge is -2.15. The third-order valence-electron chi connectivity index (χ3n) is 4.65. The van der Waals surface area contributed by atoms with E-state index < -0.39 is 6.10 Å². The van der Waals surface area contributed by atoms with Crippen molar-refractivity contribution in [3.05, 3.63) is 0 Å². The normalized spacial score (nSPS) is 12.0. The van der Waals surface area contributed by atoms with Crippen molar-refractivity contribution in [1.29, 1.82) is 0 Å². The van der Waals surface area contributed by atoms with Crippen LogP contribution in [-0.4, -0.2) is 36.4 Å². The summed E-state index contributed by atoms with van der Waals surface area (Å²) in [6.45, 7) is 3.84. The van der Waals surface area contributed by atoms with Crippen molar-refractivity contribution >= 4 is 11.9 Å². The molecule has 1 atom stereocenters. The molecule has 160 valence electrons. The first kappa shape index (κ1) is 25.9. The average molecular weight is 387 g/mol. The van der Waals surface area contributed by atoms with Crippen molar-refractivity contribution in [2.45, 2.75) is 116 Å². The molecule has 0 bridgehead atoms. The first-order chi connectivity index (χ1) is 13.1. The van der Waals surface area contributed by atoms with E-state index >= 15 is 0 Å². The number of carbonyl (C=O) groups is 2. The summed E-state index contributed by atoms with van der Waals surface area (Å²) in [6.07, 6.45) is 15.3. The maximum Gasteiger partial charge on any atom is 0.306 e. The van der Waals surface area contributed by atoms with Gasteiger partial charge in [0.1, 0.15) is 6.61 Å². The third-order valence-corrected chi connectivity index (χ3v) is 4.65. The maximum atomic E-state index is 11.7. The molecule has 0 aromatic rings. The molecule has 1 N–H and O–H groups in total. The zero-order chi connectivity index (χ0) is 20.2. The number of rotatable bonds is 19. The number of hydrogen-bond donors (Lipinski definition) is 1. The fourth-order valence-electron chi connectivity index (χ4n) is 2.88. The van der Waals surface area contributed by atoms with E-state index in [0.717, 1.165) is 32.1 Å². The van der Waals surface area contributed by atoms with Crippen LogP contribution in [-0.2, 0) is 19.1 Å². The van der Waals surface area contributed by atoms with Crippen molar-refractivity contribution in [2.75, 3.05) is 13.2 Å². The van der Waals surface area contributed by atoms with Crippen LogP contribution in [0, 0.1) is 0 Å². The van der Waals surface area contributed by atoms with Crippen LogP contribution in [0.25, 0.3) is 0 Å². The monoisotopic (exact) mass is 386 g/mol. The Morgan fingerprint density at radius 1 is 0.704 bits per heavy atom. The second-order valence-electron chi connectivity index (χ2n) is 7.37. The van der Waals surface area contributed by atoms with Gasteiger partial charge in [-0.2, -0.15) is 0 Å². The summed E-state index contributed by atoms with van der Waals surface area (Å²) in [5, 5.41) is 9.22. The van der Waals surface area contributed by atoms with Gasteiger partial charge in [0.2, 0.25) is 0 Å². The van der Waals surface area contributed by atoms with Crippen LogP contribution in [0.2, 0.25) is 0 Å². The van der Waals surface area contributed by atoms with E-state index in [0.29, 0.717) is 12.8 Å².